The first kappa shape index (κ1) is 28.0. The van der Waals surface area contributed by atoms with Gasteiger partial charge < -0.3 is 4.90 Å². The molecule has 6 heteroatoms. The van der Waals surface area contributed by atoms with Crippen LogP contribution in [-0.4, -0.2) is 61.6 Å². The highest BCUT2D eigenvalue weighted by Crippen LogP contribution is 2.50. The molecule has 4 nitrogen and oxygen atoms in total. The van der Waals surface area contributed by atoms with Crippen LogP contribution in [0, 0.1) is 11.6 Å². The number of benzene rings is 3. The smallest absolute Gasteiger partial charge is 0.157 e. The van der Waals surface area contributed by atoms with E-state index in [1.807, 2.05) is 44.1 Å². The Kier molecular flexibility index (Phi) is 7.71. The van der Waals surface area contributed by atoms with Crippen LogP contribution in [0.15, 0.2) is 46.4 Å². The lowest BCUT2D eigenvalue weighted by atomic mass is 9.87. The third-order valence-electron chi connectivity index (χ3n) is 9.70. The van der Waals surface area contributed by atoms with E-state index in [0.29, 0.717) is 35.2 Å². The Morgan fingerprint density at radius 2 is 1.85 bits per heavy atom. The number of rotatable bonds is 9. The topological polar surface area (TPSA) is 31.2 Å². The van der Waals surface area contributed by atoms with Crippen LogP contribution in [0.5, 0.6) is 0 Å². The van der Waals surface area contributed by atoms with Crippen LogP contribution in [0.1, 0.15) is 80.9 Å². The lowest BCUT2D eigenvalue weighted by molar-refractivity contribution is 0.180. The predicted octanol–water partition coefficient (Wildman–Crippen LogP) is 8.27. The highest BCUT2D eigenvalue weighted by Gasteiger charge is 2.43. The van der Waals surface area contributed by atoms with E-state index in [-0.39, 0.29) is 23.2 Å². The number of nitrogens with zero attached hydrogens (tertiary/aromatic N) is 4. The molecule has 2 heterocycles. The van der Waals surface area contributed by atoms with Gasteiger partial charge in [0.15, 0.2) is 5.82 Å². The van der Waals surface area contributed by atoms with Gasteiger partial charge in [0.2, 0.25) is 0 Å². The van der Waals surface area contributed by atoms with Crippen molar-refractivity contribution in [2.45, 2.75) is 76.2 Å². The second-order valence-electron chi connectivity index (χ2n) is 12.4. The molecule has 0 spiro atoms. The summed E-state index contributed by atoms with van der Waals surface area (Å²) in [5.41, 5.74) is 4.14. The van der Waals surface area contributed by atoms with Gasteiger partial charge in [-0.05, 0) is 123 Å². The molecule has 1 aliphatic carbocycles. The van der Waals surface area contributed by atoms with E-state index < -0.39 is 0 Å². The summed E-state index contributed by atoms with van der Waals surface area (Å²) in [6, 6.07) is 11.2. The molecule has 1 saturated carbocycles. The molecule has 0 aromatic heterocycles. The molecule has 0 atom stereocenters. The van der Waals surface area contributed by atoms with Crippen molar-refractivity contribution in [1.29, 1.82) is 0 Å². The molecular weight excluding hydrogens is 514 g/mol. The Balaban J connectivity index is 1.42. The molecular formula is C35H42F2N4. The fourth-order valence-corrected chi connectivity index (χ4v) is 7.65. The second kappa shape index (κ2) is 11.3. The Bertz CT molecular complexity index is 1490. The number of hydrogen-bond acceptors (Lipinski definition) is 3. The first-order valence-corrected chi connectivity index (χ1v) is 15.4. The normalized spacial score (nSPS) is 18.7. The fourth-order valence-electron chi connectivity index (χ4n) is 7.65. The molecule has 0 radical (unpaired) electrons. The van der Waals surface area contributed by atoms with Crippen molar-refractivity contribution in [3.8, 4) is 11.1 Å². The molecule has 0 unspecified atom stereocenters. The summed E-state index contributed by atoms with van der Waals surface area (Å²) in [6.45, 7) is 8.90. The van der Waals surface area contributed by atoms with E-state index in [0.717, 1.165) is 47.0 Å². The number of hydrogen-bond donors (Lipinski definition) is 0. The van der Waals surface area contributed by atoms with E-state index >= 15 is 4.39 Å². The first-order valence-electron chi connectivity index (χ1n) is 15.4. The van der Waals surface area contributed by atoms with Gasteiger partial charge >= 0.3 is 0 Å². The highest BCUT2D eigenvalue weighted by atomic mass is 19.1. The zero-order valence-electron chi connectivity index (χ0n) is 24.8. The largest absolute Gasteiger partial charge is 0.362 e. The van der Waals surface area contributed by atoms with Gasteiger partial charge in [0, 0.05) is 37.3 Å². The summed E-state index contributed by atoms with van der Waals surface area (Å²) in [5, 5.41) is 1.70. The van der Waals surface area contributed by atoms with Crippen LogP contribution in [0.4, 0.5) is 14.5 Å². The summed E-state index contributed by atoms with van der Waals surface area (Å²) in [5.74, 6) is 0.369. The number of aliphatic imine (C=N–C) groups is 2. The average Bonchev–Trinajstić information content (AvgIpc) is 3.62. The molecule has 3 fully saturated rings. The standard InChI is InChI=1S/C35H42F2N4/c1-5-25-29(36)15-14-24-10-6-11-26(30(24)25)31-27(23-12-13-23)22-28(33(38-2)32(31)37)34(40(3)4)39-19-7-16-35-17-8-20-41(35)21-9-18-35/h6,10-11,14-15,22-23H,2,5,7-9,12-13,16-21H2,1,3-4H3/b39-34+. The second-order valence-corrected chi connectivity index (χ2v) is 12.4. The number of fused-ring (bicyclic) bond motifs is 2. The SMILES string of the molecule is C=Nc1c(/C(=N\CCCC23CCCN2CCC3)N(C)C)cc(C2CC2)c(-c2cccc3ccc(F)c(CC)c23)c1F. The molecule has 3 aromatic rings. The van der Waals surface area contributed by atoms with E-state index in [4.69, 9.17) is 4.99 Å². The van der Waals surface area contributed by atoms with E-state index in [2.05, 4.69) is 22.7 Å². The van der Waals surface area contributed by atoms with Crippen molar-refractivity contribution >= 4 is 29.0 Å². The Labute approximate surface area is 243 Å². The van der Waals surface area contributed by atoms with Crippen molar-refractivity contribution in [1.82, 2.24) is 9.80 Å². The molecule has 0 bridgehead atoms. The van der Waals surface area contributed by atoms with Crippen molar-refractivity contribution in [3.05, 3.63) is 64.7 Å². The maximum absolute atomic E-state index is 16.8. The van der Waals surface area contributed by atoms with Crippen LogP contribution >= 0.6 is 0 Å². The van der Waals surface area contributed by atoms with Crippen molar-refractivity contribution in [2.24, 2.45) is 9.98 Å². The van der Waals surface area contributed by atoms with Crippen LogP contribution in [-0.2, 0) is 6.42 Å². The lowest BCUT2D eigenvalue weighted by Gasteiger charge is -2.32. The van der Waals surface area contributed by atoms with Crippen LogP contribution in [0.25, 0.3) is 21.9 Å². The van der Waals surface area contributed by atoms with Gasteiger partial charge in [0.1, 0.15) is 17.3 Å². The van der Waals surface area contributed by atoms with Crippen molar-refractivity contribution in [3.63, 3.8) is 0 Å². The van der Waals surface area contributed by atoms with Crippen LogP contribution in [0.2, 0.25) is 0 Å². The summed E-state index contributed by atoms with van der Waals surface area (Å²) in [7, 11) is 3.92. The number of halogens is 2. The molecule has 6 rings (SSSR count). The van der Waals surface area contributed by atoms with Gasteiger partial charge in [0.05, 0.1) is 0 Å². The van der Waals surface area contributed by atoms with Crippen LogP contribution < -0.4 is 0 Å². The minimum Gasteiger partial charge on any atom is -0.362 e. The summed E-state index contributed by atoms with van der Waals surface area (Å²) in [6.07, 6.45) is 9.96. The molecule has 0 amide bonds. The van der Waals surface area contributed by atoms with Gasteiger partial charge in [-0.25, -0.2) is 8.78 Å². The maximum Gasteiger partial charge on any atom is 0.157 e. The average molecular weight is 557 g/mol. The molecule has 3 aliphatic rings. The zero-order chi connectivity index (χ0) is 28.7. The fraction of sp³-hybridized carbons (Fsp3) is 0.486. The predicted molar refractivity (Wildman–Crippen MR) is 167 cm³/mol. The Morgan fingerprint density at radius 1 is 1.10 bits per heavy atom. The minimum atomic E-state index is -0.390. The molecule has 2 saturated heterocycles. The zero-order valence-corrected chi connectivity index (χ0v) is 24.8. The maximum atomic E-state index is 16.8. The molecule has 0 N–H and O–H groups in total. The van der Waals surface area contributed by atoms with Gasteiger partial charge in [-0.15, -0.1) is 0 Å². The monoisotopic (exact) mass is 556 g/mol. The highest BCUT2D eigenvalue weighted by molar-refractivity contribution is 6.06. The van der Waals surface area contributed by atoms with Gasteiger partial charge in [-0.2, -0.15) is 0 Å². The molecule has 2 aliphatic heterocycles. The third-order valence-corrected chi connectivity index (χ3v) is 9.70. The third kappa shape index (κ3) is 4.98. The number of amidine groups is 1. The van der Waals surface area contributed by atoms with E-state index in [1.165, 1.54) is 51.3 Å². The Morgan fingerprint density at radius 3 is 2.51 bits per heavy atom. The Hall–Kier alpha value is -3.12. The van der Waals surface area contributed by atoms with E-state index in [1.54, 1.807) is 6.07 Å². The van der Waals surface area contributed by atoms with Crippen LogP contribution in [0.3, 0.4) is 0 Å². The van der Waals surface area contributed by atoms with Crippen molar-refractivity contribution < 1.29 is 8.78 Å². The summed E-state index contributed by atoms with van der Waals surface area (Å²) < 4.78 is 31.8. The molecule has 216 valence electrons. The van der Waals surface area contributed by atoms with Gasteiger partial charge in [-0.3, -0.25) is 14.9 Å². The van der Waals surface area contributed by atoms with Gasteiger partial charge in [0.25, 0.3) is 0 Å². The quantitative estimate of drug-likeness (QED) is 0.151. The minimum absolute atomic E-state index is 0.222. The number of aryl methyl sites for hydroxylation is 1. The lowest BCUT2D eigenvalue weighted by Crippen LogP contribution is -2.38. The van der Waals surface area contributed by atoms with E-state index in [9.17, 15) is 4.39 Å². The van der Waals surface area contributed by atoms with Crippen molar-refractivity contribution in [2.75, 3.05) is 33.7 Å². The summed E-state index contributed by atoms with van der Waals surface area (Å²) in [4.78, 5) is 14.0. The summed E-state index contributed by atoms with van der Waals surface area (Å²) >= 11 is 0. The molecule has 41 heavy (non-hydrogen) atoms. The van der Waals surface area contributed by atoms with Gasteiger partial charge in [-0.1, -0.05) is 31.2 Å². The first-order chi connectivity index (χ1) is 19.9. The molecule has 3 aromatic carbocycles.